The van der Waals surface area contributed by atoms with Crippen LogP contribution in [0.15, 0.2) is 24.4 Å². The molecule has 132 valence electrons. The third-order valence-electron chi connectivity index (χ3n) is 5.59. The van der Waals surface area contributed by atoms with Crippen LogP contribution in [0.2, 0.25) is 0 Å². The summed E-state index contributed by atoms with van der Waals surface area (Å²) >= 11 is 0. The molecule has 4 rings (SSSR count). The number of fused-ring (bicyclic) bond motifs is 1. The first-order valence-corrected chi connectivity index (χ1v) is 8.86. The van der Waals surface area contributed by atoms with E-state index in [0.29, 0.717) is 13.1 Å². The fourth-order valence-corrected chi connectivity index (χ4v) is 4.08. The highest BCUT2D eigenvalue weighted by Crippen LogP contribution is 2.31. The molecule has 1 N–H and O–H groups in total. The van der Waals surface area contributed by atoms with Gasteiger partial charge in [-0.15, -0.1) is 0 Å². The first kappa shape index (κ1) is 16.2. The van der Waals surface area contributed by atoms with Crippen molar-refractivity contribution in [2.24, 2.45) is 5.92 Å². The number of halogens is 2. The topological polar surface area (TPSA) is 49.0 Å². The Morgan fingerprint density at radius 3 is 2.72 bits per heavy atom. The fourth-order valence-electron chi connectivity index (χ4n) is 4.08. The predicted octanol–water partition coefficient (Wildman–Crippen LogP) is 3.20. The van der Waals surface area contributed by atoms with Crippen molar-refractivity contribution in [1.82, 2.24) is 15.1 Å². The molecule has 1 aromatic heterocycles. The third-order valence-corrected chi connectivity index (χ3v) is 5.59. The number of hydrogen-bond donors (Lipinski definition) is 1. The Bertz CT molecular complexity index is 781. The van der Waals surface area contributed by atoms with Crippen molar-refractivity contribution in [3.05, 3.63) is 52.9 Å². The van der Waals surface area contributed by atoms with Crippen LogP contribution in [0.25, 0.3) is 0 Å². The molecule has 1 aliphatic carbocycles. The van der Waals surface area contributed by atoms with Crippen molar-refractivity contribution in [1.29, 1.82) is 0 Å². The van der Waals surface area contributed by atoms with E-state index < -0.39 is 11.6 Å². The van der Waals surface area contributed by atoms with Crippen LogP contribution in [0.5, 0.6) is 0 Å². The number of benzene rings is 1. The molecule has 0 spiro atoms. The van der Waals surface area contributed by atoms with Gasteiger partial charge in [-0.2, -0.15) is 5.10 Å². The Balaban J connectivity index is 1.37. The first-order valence-electron chi connectivity index (χ1n) is 8.86. The maximum Gasteiger partial charge on any atom is 0.226 e. The monoisotopic (exact) mass is 345 g/mol. The van der Waals surface area contributed by atoms with Gasteiger partial charge >= 0.3 is 0 Å². The van der Waals surface area contributed by atoms with Gasteiger partial charge in [0, 0.05) is 31.1 Å². The summed E-state index contributed by atoms with van der Waals surface area (Å²) in [5.74, 6) is -1.19. The Labute approximate surface area is 145 Å². The van der Waals surface area contributed by atoms with E-state index in [2.05, 4.69) is 10.2 Å². The summed E-state index contributed by atoms with van der Waals surface area (Å²) in [6.45, 7) is 1.35. The number of hydrogen-bond acceptors (Lipinski definition) is 2. The molecule has 1 atom stereocenters. The Morgan fingerprint density at radius 2 is 1.96 bits per heavy atom. The van der Waals surface area contributed by atoms with Gasteiger partial charge < -0.3 is 4.90 Å². The van der Waals surface area contributed by atoms with E-state index in [9.17, 15) is 13.6 Å². The molecule has 1 aromatic carbocycles. The summed E-state index contributed by atoms with van der Waals surface area (Å²) in [6.07, 6.45) is 5.93. The van der Waals surface area contributed by atoms with Crippen molar-refractivity contribution in [3.63, 3.8) is 0 Å². The zero-order chi connectivity index (χ0) is 17.4. The summed E-state index contributed by atoms with van der Waals surface area (Å²) in [5, 5.41) is 7.06. The number of aryl methyl sites for hydroxylation is 1. The van der Waals surface area contributed by atoms with Gasteiger partial charge in [0.05, 0.1) is 6.20 Å². The summed E-state index contributed by atoms with van der Waals surface area (Å²) < 4.78 is 26.5. The standard InChI is InChI=1S/C19H21F2N3O/c20-16-4-3-13(9-17(16)21)12-5-7-24(8-6-12)19(25)14-1-2-15-11-22-23-18(15)10-14/h3-4,9,11-12,14H,1-2,5-8,10H2,(H,22,23)/t14-/m0/s1. The number of nitrogens with zero attached hydrogens (tertiary/aromatic N) is 2. The van der Waals surface area contributed by atoms with Crippen LogP contribution >= 0.6 is 0 Å². The largest absolute Gasteiger partial charge is 0.342 e. The van der Waals surface area contributed by atoms with Crippen LogP contribution in [0.3, 0.4) is 0 Å². The van der Waals surface area contributed by atoms with Gasteiger partial charge in [-0.05, 0) is 54.9 Å². The second kappa shape index (κ2) is 6.58. The van der Waals surface area contributed by atoms with Crippen LogP contribution < -0.4 is 0 Å². The van der Waals surface area contributed by atoms with Crippen molar-refractivity contribution in [2.45, 2.75) is 38.0 Å². The van der Waals surface area contributed by atoms with E-state index in [1.807, 2.05) is 11.1 Å². The lowest BCUT2D eigenvalue weighted by Gasteiger charge is -2.35. The van der Waals surface area contributed by atoms with Gasteiger partial charge in [0.25, 0.3) is 0 Å². The van der Waals surface area contributed by atoms with Gasteiger partial charge in [-0.3, -0.25) is 9.89 Å². The SMILES string of the molecule is O=C([C@H]1CCc2cn[nH]c2C1)N1CCC(c2ccc(F)c(F)c2)CC1. The smallest absolute Gasteiger partial charge is 0.226 e. The minimum absolute atomic E-state index is 0.0211. The number of nitrogens with one attached hydrogen (secondary N) is 1. The van der Waals surface area contributed by atoms with Crippen LogP contribution in [-0.2, 0) is 17.6 Å². The maximum atomic E-state index is 13.4. The molecule has 1 fully saturated rings. The van der Waals surface area contributed by atoms with Crippen molar-refractivity contribution < 1.29 is 13.6 Å². The lowest BCUT2D eigenvalue weighted by Crippen LogP contribution is -2.42. The molecule has 2 heterocycles. The van der Waals surface area contributed by atoms with Gasteiger partial charge in [-0.1, -0.05) is 6.07 Å². The average molecular weight is 345 g/mol. The van der Waals surface area contributed by atoms with Crippen molar-refractivity contribution >= 4 is 5.91 Å². The fraction of sp³-hybridized carbons (Fsp3) is 0.474. The van der Waals surface area contributed by atoms with Crippen LogP contribution in [-0.4, -0.2) is 34.1 Å². The van der Waals surface area contributed by atoms with E-state index in [4.69, 9.17) is 0 Å². The molecule has 1 saturated heterocycles. The second-order valence-electron chi connectivity index (χ2n) is 7.09. The first-order chi connectivity index (χ1) is 12.1. The molecule has 0 unspecified atom stereocenters. The number of aromatic nitrogens is 2. The Hall–Kier alpha value is -2.24. The minimum Gasteiger partial charge on any atom is -0.342 e. The molecular formula is C19H21F2N3O. The molecule has 25 heavy (non-hydrogen) atoms. The van der Waals surface area contributed by atoms with Crippen molar-refractivity contribution in [2.75, 3.05) is 13.1 Å². The zero-order valence-corrected chi connectivity index (χ0v) is 14.0. The van der Waals surface area contributed by atoms with Gasteiger partial charge in [0.1, 0.15) is 0 Å². The number of H-pyrrole nitrogens is 1. The minimum atomic E-state index is -0.813. The molecular weight excluding hydrogens is 324 g/mol. The highest BCUT2D eigenvalue weighted by atomic mass is 19.2. The normalized spacial score (nSPS) is 21.2. The van der Waals surface area contributed by atoms with E-state index in [0.717, 1.165) is 43.4 Å². The van der Waals surface area contributed by atoms with Crippen molar-refractivity contribution in [3.8, 4) is 0 Å². The second-order valence-corrected chi connectivity index (χ2v) is 7.09. The maximum absolute atomic E-state index is 13.4. The lowest BCUT2D eigenvalue weighted by molar-refractivity contribution is -0.137. The predicted molar refractivity (Wildman–Crippen MR) is 89.0 cm³/mol. The van der Waals surface area contributed by atoms with Crippen LogP contribution in [0.4, 0.5) is 8.78 Å². The summed E-state index contributed by atoms with van der Waals surface area (Å²) in [5.41, 5.74) is 3.13. The van der Waals surface area contributed by atoms with E-state index in [1.54, 1.807) is 6.07 Å². The molecule has 0 saturated carbocycles. The number of carbonyl (C=O) groups is 1. The number of aromatic amines is 1. The van der Waals surface area contributed by atoms with E-state index >= 15 is 0 Å². The van der Waals surface area contributed by atoms with Crippen LogP contribution in [0.1, 0.15) is 42.0 Å². The molecule has 0 bridgehead atoms. The molecule has 1 amide bonds. The van der Waals surface area contributed by atoms with E-state index in [1.165, 1.54) is 17.7 Å². The van der Waals surface area contributed by atoms with Gasteiger partial charge in [0.15, 0.2) is 11.6 Å². The van der Waals surface area contributed by atoms with Gasteiger partial charge in [-0.25, -0.2) is 8.78 Å². The molecule has 1 aliphatic heterocycles. The lowest BCUT2D eigenvalue weighted by atomic mass is 9.85. The summed E-state index contributed by atoms with van der Waals surface area (Å²) in [7, 11) is 0. The Kier molecular flexibility index (Phi) is 4.27. The number of carbonyl (C=O) groups excluding carboxylic acids is 1. The number of likely N-dealkylation sites (tertiary alicyclic amines) is 1. The quantitative estimate of drug-likeness (QED) is 0.909. The third kappa shape index (κ3) is 3.17. The number of rotatable bonds is 2. The number of piperidine rings is 1. The Morgan fingerprint density at radius 1 is 1.16 bits per heavy atom. The average Bonchev–Trinajstić information content (AvgIpc) is 3.11. The molecule has 2 aromatic rings. The summed E-state index contributed by atoms with van der Waals surface area (Å²) in [6, 6.07) is 4.13. The molecule has 4 nitrogen and oxygen atoms in total. The van der Waals surface area contributed by atoms with Crippen LogP contribution in [0, 0.1) is 17.6 Å². The van der Waals surface area contributed by atoms with Gasteiger partial charge in [0.2, 0.25) is 5.91 Å². The molecule has 2 aliphatic rings. The molecule has 6 heteroatoms. The zero-order valence-electron chi connectivity index (χ0n) is 14.0. The highest BCUT2D eigenvalue weighted by molar-refractivity contribution is 5.79. The summed E-state index contributed by atoms with van der Waals surface area (Å²) in [4.78, 5) is 14.7. The van der Waals surface area contributed by atoms with E-state index in [-0.39, 0.29) is 17.7 Å². The number of amides is 1. The highest BCUT2D eigenvalue weighted by Gasteiger charge is 2.31. The molecule has 0 radical (unpaired) electrons.